The molecule has 2 aromatic heterocycles. The number of aryl methyl sites for hydroxylation is 1. The Bertz CT molecular complexity index is 1270. The van der Waals surface area contributed by atoms with E-state index in [0.29, 0.717) is 29.5 Å². The van der Waals surface area contributed by atoms with Crippen molar-refractivity contribution in [2.24, 2.45) is 7.05 Å². The summed E-state index contributed by atoms with van der Waals surface area (Å²) >= 11 is 1.47. The van der Waals surface area contributed by atoms with Crippen LogP contribution in [0.25, 0.3) is 27.7 Å². The quantitative estimate of drug-likeness (QED) is 0.477. The number of nitrogens with zero attached hydrogens (tertiary/aromatic N) is 3. The second-order valence-electron chi connectivity index (χ2n) is 7.53. The number of aliphatic hydroxyl groups is 1. The Hall–Kier alpha value is -3.38. The highest BCUT2D eigenvalue weighted by Crippen LogP contribution is 2.32. The normalized spacial score (nSPS) is 14.3. The first-order valence-corrected chi connectivity index (χ1v) is 10.8. The monoisotopic (exact) mass is 414 g/mol. The van der Waals surface area contributed by atoms with Gasteiger partial charge in [-0.1, -0.05) is 48.5 Å². The SMILES string of the molecule is Cn1cc(CCN2CC(O)=C(c3nc(-c4ccccc4)cs3)C2=N)c2ccccc21. The zero-order valence-electron chi connectivity index (χ0n) is 16.7. The molecule has 3 heterocycles. The third kappa shape index (κ3) is 3.19. The van der Waals surface area contributed by atoms with E-state index in [1.807, 2.05) is 46.7 Å². The number of aliphatic hydroxyl groups excluding tert-OH is 1. The first kappa shape index (κ1) is 18.6. The molecule has 0 radical (unpaired) electrons. The molecule has 6 heteroatoms. The van der Waals surface area contributed by atoms with Gasteiger partial charge in [0.05, 0.1) is 17.8 Å². The maximum atomic E-state index is 10.6. The molecule has 0 aliphatic carbocycles. The summed E-state index contributed by atoms with van der Waals surface area (Å²) in [6, 6.07) is 18.3. The van der Waals surface area contributed by atoms with Crippen LogP contribution in [0, 0.1) is 5.41 Å². The molecule has 5 rings (SSSR count). The van der Waals surface area contributed by atoms with Crippen LogP contribution >= 0.6 is 11.3 Å². The van der Waals surface area contributed by atoms with Crippen molar-refractivity contribution in [2.75, 3.05) is 13.1 Å². The lowest BCUT2D eigenvalue weighted by molar-refractivity contribution is 0.351. The Balaban J connectivity index is 1.33. The average Bonchev–Trinajstić information content (AvgIpc) is 3.44. The van der Waals surface area contributed by atoms with Gasteiger partial charge in [-0.3, -0.25) is 5.41 Å². The molecule has 0 atom stereocenters. The molecule has 1 aliphatic rings. The van der Waals surface area contributed by atoms with Crippen LogP contribution in [0.5, 0.6) is 0 Å². The minimum atomic E-state index is 0.229. The molecule has 0 fully saturated rings. The van der Waals surface area contributed by atoms with Gasteiger partial charge in [-0.15, -0.1) is 11.3 Å². The van der Waals surface area contributed by atoms with Crippen molar-refractivity contribution in [3.8, 4) is 11.3 Å². The van der Waals surface area contributed by atoms with Crippen LogP contribution in [0.4, 0.5) is 0 Å². The summed E-state index contributed by atoms with van der Waals surface area (Å²) in [4.78, 5) is 6.62. The summed E-state index contributed by atoms with van der Waals surface area (Å²) in [7, 11) is 2.06. The fourth-order valence-electron chi connectivity index (χ4n) is 4.06. The third-order valence-electron chi connectivity index (χ3n) is 5.60. The van der Waals surface area contributed by atoms with E-state index in [4.69, 9.17) is 10.4 Å². The van der Waals surface area contributed by atoms with Crippen molar-refractivity contribution in [1.82, 2.24) is 14.5 Å². The molecule has 150 valence electrons. The van der Waals surface area contributed by atoms with E-state index in [9.17, 15) is 5.11 Å². The third-order valence-corrected chi connectivity index (χ3v) is 6.46. The summed E-state index contributed by atoms with van der Waals surface area (Å²) in [5.41, 5.74) is 4.94. The van der Waals surface area contributed by atoms with Crippen molar-refractivity contribution < 1.29 is 5.11 Å². The fraction of sp³-hybridized carbons (Fsp3) is 0.167. The first-order valence-electron chi connectivity index (χ1n) is 9.92. The number of benzene rings is 2. The van der Waals surface area contributed by atoms with E-state index in [1.165, 1.54) is 27.8 Å². The molecule has 0 saturated heterocycles. The van der Waals surface area contributed by atoms with Gasteiger partial charge in [0.2, 0.25) is 0 Å². The van der Waals surface area contributed by atoms with Crippen molar-refractivity contribution in [3.63, 3.8) is 0 Å². The predicted octanol–water partition coefficient (Wildman–Crippen LogP) is 5.11. The van der Waals surface area contributed by atoms with Gasteiger partial charge >= 0.3 is 0 Å². The summed E-state index contributed by atoms with van der Waals surface area (Å²) < 4.78 is 2.14. The number of fused-ring (bicyclic) bond motifs is 1. The lowest BCUT2D eigenvalue weighted by atomic mass is 10.1. The Morgan fingerprint density at radius 1 is 1.10 bits per heavy atom. The van der Waals surface area contributed by atoms with Crippen LogP contribution in [-0.2, 0) is 13.5 Å². The number of aromatic nitrogens is 2. The van der Waals surface area contributed by atoms with E-state index in [1.54, 1.807) is 0 Å². The average molecular weight is 415 g/mol. The summed E-state index contributed by atoms with van der Waals surface area (Å²) in [6.45, 7) is 1.04. The van der Waals surface area contributed by atoms with E-state index in [0.717, 1.165) is 17.7 Å². The van der Waals surface area contributed by atoms with Gasteiger partial charge in [-0.2, -0.15) is 0 Å². The molecular weight excluding hydrogens is 392 g/mol. The van der Waals surface area contributed by atoms with Crippen molar-refractivity contribution in [1.29, 1.82) is 5.41 Å². The highest BCUT2D eigenvalue weighted by molar-refractivity contribution is 7.11. The van der Waals surface area contributed by atoms with E-state index in [2.05, 4.69) is 36.0 Å². The van der Waals surface area contributed by atoms with Crippen LogP contribution in [0.3, 0.4) is 0 Å². The Kier molecular flexibility index (Phi) is 4.64. The Morgan fingerprint density at radius 2 is 1.87 bits per heavy atom. The second kappa shape index (κ2) is 7.46. The molecular formula is C24H22N4OS. The van der Waals surface area contributed by atoms with Crippen LogP contribution in [0.15, 0.2) is 71.9 Å². The maximum absolute atomic E-state index is 10.6. The van der Waals surface area contributed by atoms with Crippen LogP contribution < -0.4 is 0 Å². The van der Waals surface area contributed by atoms with E-state index >= 15 is 0 Å². The van der Waals surface area contributed by atoms with Gasteiger partial charge in [0.25, 0.3) is 0 Å². The lowest BCUT2D eigenvalue weighted by Gasteiger charge is -2.18. The fourth-order valence-corrected chi connectivity index (χ4v) is 4.95. The zero-order chi connectivity index (χ0) is 20.7. The zero-order valence-corrected chi connectivity index (χ0v) is 17.5. The standard InChI is InChI=1S/C24H22N4OS/c1-27-13-17(18-9-5-6-10-20(18)27)11-12-28-14-21(29)22(23(28)25)24-26-19(15-30-24)16-7-3-2-4-8-16/h2-10,13,15,25,29H,11-12,14H2,1H3. The van der Waals surface area contributed by atoms with Gasteiger partial charge in [0.15, 0.2) is 0 Å². The van der Waals surface area contributed by atoms with Crippen molar-refractivity contribution in [2.45, 2.75) is 6.42 Å². The molecule has 0 bridgehead atoms. The van der Waals surface area contributed by atoms with Gasteiger partial charge in [-0.05, 0) is 18.1 Å². The van der Waals surface area contributed by atoms with Gasteiger partial charge < -0.3 is 14.6 Å². The number of amidine groups is 1. The van der Waals surface area contributed by atoms with Gasteiger partial charge in [0.1, 0.15) is 16.6 Å². The topological polar surface area (TPSA) is 65.1 Å². The molecule has 4 aromatic rings. The molecule has 2 aromatic carbocycles. The summed E-state index contributed by atoms with van der Waals surface area (Å²) in [5, 5.41) is 23.2. The summed E-state index contributed by atoms with van der Waals surface area (Å²) in [6.07, 6.45) is 2.98. The van der Waals surface area contributed by atoms with Crippen LogP contribution in [0.2, 0.25) is 0 Å². The molecule has 30 heavy (non-hydrogen) atoms. The number of hydrogen-bond acceptors (Lipinski definition) is 4. The lowest BCUT2D eigenvalue weighted by Crippen LogP contribution is -2.28. The minimum absolute atomic E-state index is 0.229. The molecule has 5 nitrogen and oxygen atoms in total. The number of thiazole rings is 1. The Labute approximate surface area is 179 Å². The summed E-state index contributed by atoms with van der Waals surface area (Å²) in [5.74, 6) is 0.577. The highest BCUT2D eigenvalue weighted by Gasteiger charge is 2.30. The first-order chi connectivity index (χ1) is 14.6. The molecule has 2 N–H and O–H groups in total. The van der Waals surface area contributed by atoms with Gasteiger partial charge in [-0.25, -0.2) is 4.98 Å². The van der Waals surface area contributed by atoms with E-state index in [-0.39, 0.29) is 5.76 Å². The number of nitrogens with one attached hydrogen (secondary N) is 1. The maximum Gasteiger partial charge on any atom is 0.135 e. The van der Waals surface area contributed by atoms with Crippen LogP contribution in [0.1, 0.15) is 10.6 Å². The molecule has 1 aliphatic heterocycles. The number of hydrogen-bond donors (Lipinski definition) is 2. The molecule has 0 unspecified atom stereocenters. The van der Waals surface area contributed by atoms with Crippen LogP contribution in [-0.4, -0.2) is 38.5 Å². The highest BCUT2D eigenvalue weighted by atomic mass is 32.1. The Morgan fingerprint density at radius 3 is 2.70 bits per heavy atom. The number of para-hydroxylation sites is 1. The molecule has 0 amide bonds. The van der Waals surface area contributed by atoms with E-state index < -0.39 is 0 Å². The molecule has 0 saturated carbocycles. The minimum Gasteiger partial charge on any atom is -0.510 e. The van der Waals surface area contributed by atoms with Gasteiger partial charge in [0, 0.05) is 41.6 Å². The number of rotatable bonds is 5. The molecule has 0 spiro atoms. The van der Waals surface area contributed by atoms with Crippen molar-refractivity contribution in [3.05, 3.63) is 82.5 Å². The van der Waals surface area contributed by atoms with Crippen molar-refractivity contribution >= 4 is 33.6 Å². The largest absolute Gasteiger partial charge is 0.510 e. The second-order valence-corrected chi connectivity index (χ2v) is 8.39. The predicted molar refractivity (Wildman–Crippen MR) is 123 cm³/mol. The smallest absolute Gasteiger partial charge is 0.135 e.